The number of ether oxygens (including phenoxy) is 1. The van der Waals surface area contributed by atoms with Crippen LogP contribution in [0.2, 0.25) is 0 Å². The predicted octanol–water partition coefficient (Wildman–Crippen LogP) is 2.62. The van der Waals surface area contributed by atoms with Gasteiger partial charge in [0, 0.05) is 19.2 Å². The van der Waals surface area contributed by atoms with Crippen LogP contribution in [0.3, 0.4) is 0 Å². The largest absolute Gasteiger partial charge is 0.445 e. The van der Waals surface area contributed by atoms with Crippen molar-refractivity contribution in [2.75, 3.05) is 6.54 Å². The van der Waals surface area contributed by atoms with E-state index in [1.807, 2.05) is 36.4 Å². The Morgan fingerprint density at radius 1 is 1.22 bits per heavy atom. The monoisotopic (exact) mass is 305 g/mol. The fraction of sp³-hybridized carbons (Fsp3) is 0.167. The molecule has 23 heavy (non-hydrogen) atoms. The van der Waals surface area contributed by atoms with Crippen LogP contribution in [0.15, 0.2) is 48.7 Å². The Morgan fingerprint density at radius 3 is 2.83 bits per heavy atom. The number of aromatic nitrogens is 1. The first-order valence-electron chi connectivity index (χ1n) is 7.08. The summed E-state index contributed by atoms with van der Waals surface area (Å²) >= 11 is 0. The number of nitrogens with one attached hydrogen (secondary N) is 1. The number of nitrogens with zero attached hydrogens (tertiary/aromatic N) is 2. The van der Waals surface area contributed by atoms with Gasteiger partial charge in [0.05, 0.1) is 5.56 Å². The summed E-state index contributed by atoms with van der Waals surface area (Å²) in [5.74, 6) is 5.69. The number of amides is 1. The van der Waals surface area contributed by atoms with Crippen LogP contribution in [-0.4, -0.2) is 17.6 Å². The molecule has 0 saturated carbocycles. The summed E-state index contributed by atoms with van der Waals surface area (Å²) in [5.41, 5.74) is 1.82. The van der Waals surface area contributed by atoms with Gasteiger partial charge in [-0.15, -0.1) is 0 Å². The molecule has 1 aromatic heterocycles. The number of nitriles is 1. The first-order valence-corrected chi connectivity index (χ1v) is 7.08. The van der Waals surface area contributed by atoms with Crippen molar-refractivity contribution in [3.8, 4) is 17.9 Å². The average molecular weight is 305 g/mol. The van der Waals surface area contributed by atoms with Crippen LogP contribution in [0.5, 0.6) is 0 Å². The van der Waals surface area contributed by atoms with Crippen molar-refractivity contribution in [3.05, 3.63) is 65.5 Å². The molecule has 1 amide bonds. The van der Waals surface area contributed by atoms with E-state index >= 15 is 0 Å². The molecule has 0 fully saturated rings. The van der Waals surface area contributed by atoms with E-state index in [4.69, 9.17) is 10.00 Å². The molecule has 5 nitrogen and oxygen atoms in total. The second-order valence-corrected chi connectivity index (χ2v) is 4.55. The Balaban J connectivity index is 1.70. The van der Waals surface area contributed by atoms with Gasteiger partial charge >= 0.3 is 6.09 Å². The fourth-order valence-corrected chi connectivity index (χ4v) is 1.74. The van der Waals surface area contributed by atoms with Crippen LogP contribution < -0.4 is 5.32 Å². The molecule has 0 unspecified atom stereocenters. The minimum atomic E-state index is -0.480. The summed E-state index contributed by atoms with van der Waals surface area (Å²) < 4.78 is 5.08. The summed E-state index contributed by atoms with van der Waals surface area (Å²) in [6, 6.07) is 14.8. The number of carbonyl (C=O) groups excluding carboxylic acids is 1. The molecule has 0 spiro atoms. The maximum Gasteiger partial charge on any atom is 0.407 e. The highest BCUT2D eigenvalue weighted by Gasteiger charge is 2.01. The molecule has 1 heterocycles. The standard InChI is InChI=1S/C18H15N3O2/c19-13-16-9-6-12-20-17(16)10-4-5-11-21-18(22)23-14-15-7-2-1-3-8-15/h1-3,6-9,12H,5,11,14H2,(H,21,22). The number of hydrogen-bond donors (Lipinski definition) is 1. The van der Waals surface area contributed by atoms with Gasteiger partial charge in [0.15, 0.2) is 0 Å². The Kier molecular flexibility index (Phi) is 6.19. The summed E-state index contributed by atoms with van der Waals surface area (Å²) in [6.45, 7) is 0.604. The van der Waals surface area contributed by atoms with E-state index in [1.54, 1.807) is 18.3 Å². The third-order valence-corrected chi connectivity index (χ3v) is 2.87. The molecule has 1 aromatic carbocycles. The van der Waals surface area contributed by atoms with Gasteiger partial charge in [0.2, 0.25) is 0 Å². The quantitative estimate of drug-likeness (QED) is 0.696. The van der Waals surface area contributed by atoms with E-state index in [9.17, 15) is 4.79 Å². The second kappa shape index (κ2) is 8.86. The summed E-state index contributed by atoms with van der Waals surface area (Å²) in [7, 11) is 0. The Bertz CT molecular complexity index is 755. The van der Waals surface area contributed by atoms with Crippen molar-refractivity contribution in [3.63, 3.8) is 0 Å². The molecule has 114 valence electrons. The zero-order chi connectivity index (χ0) is 16.3. The summed E-state index contributed by atoms with van der Waals surface area (Å²) in [5, 5.41) is 11.5. The van der Waals surface area contributed by atoms with Gasteiger partial charge in [-0.3, -0.25) is 0 Å². The molecule has 0 radical (unpaired) electrons. The molecule has 2 rings (SSSR count). The molecule has 0 saturated heterocycles. The Labute approximate surface area is 134 Å². The first kappa shape index (κ1) is 16.1. The molecule has 0 aliphatic heterocycles. The zero-order valence-corrected chi connectivity index (χ0v) is 12.5. The van der Waals surface area contributed by atoms with Crippen LogP contribution in [0, 0.1) is 23.2 Å². The van der Waals surface area contributed by atoms with Gasteiger partial charge in [0.25, 0.3) is 0 Å². The summed E-state index contributed by atoms with van der Waals surface area (Å²) in [4.78, 5) is 15.6. The van der Waals surface area contributed by atoms with E-state index < -0.39 is 6.09 Å². The van der Waals surface area contributed by atoms with Crippen LogP contribution >= 0.6 is 0 Å². The zero-order valence-electron chi connectivity index (χ0n) is 12.5. The van der Waals surface area contributed by atoms with Gasteiger partial charge in [-0.1, -0.05) is 36.3 Å². The van der Waals surface area contributed by atoms with E-state index in [-0.39, 0.29) is 6.61 Å². The van der Waals surface area contributed by atoms with Crippen molar-refractivity contribution in [1.29, 1.82) is 5.26 Å². The molecule has 0 aliphatic rings. The van der Waals surface area contributed by atoms with Crippen LogP contribution in [-0.2, 0) is 11.3 Å². The van der Waals surface area contributed by atoms with E-state index in [0.29, 0.717) is 24.2 Å². The molecular weight excluding hydrogens is 290 g/mol. The van der Waals surface area contributed by atoms with E-state index in [0.717, 1.165) is 5.56 Å². The molecule has 0 aliphatic carbocycles. The van der Waals surface area contributed by atoms with Crippen molar-refractivity contribution in [2.24, 2.45) is 0 Å². The lowest BCUT2D eigenvalue weighted by Gasteiger charge is -2.05. The van der Waals surface area contributed by atoms with Crippen LogP contribution in [0.1, 0.15) is 23.2 Å². The number of pyridine rings is 1. The highest BCUT2D eigenvalue weighted by Crippen LogP contribution is 2.01. The Hall–Kier alpha value is -3.31. The van der Waals surface area contributed by atoms with Crippen molar-refractivity contribution < 1.29 is 9.53 Å². The van der Waals surface area contributed by atoms with Crippen molar-refractivity contribution in [2.45, 2.75) is 13.0 Å². The molecule has 5 heteroatoms. The Morgan fingerprint density at radius 2 is 2.04 bits per heavy atom. The minimum absolute atomic E-state index is 0.234. The smallest absolute Gasteiger partial charge is 0.407 e. The van der Waals surface area contributed by atoms with Crippen molar-refractivity contribution in [1.82, 2.24) is 10.3 Å². The number of alkyl carbamates (subject to hydrolysis) is 1. The van der Waals surface area contributed by atoms with Gasteiger partial charge in [-0.05, 0) is 23.6 Å². The average Bonchev–Trinajstić information content (AvgIpc) is 2.61. The van der Waals surface area contributed by atoms with Crippen LogP contribution in [0.25, 0.3) is 0 Å². The third-order valence-electron chi connectivity index (χ3n) is 2.87. The molecule has 0 bridgehead atoms. The van der Waals surface area contributed by atoms with Gasteiger partial charge in [-0.2, -0.15) is 5.26 Å². The highest BCUT2D eigenvalue weighted by molar-refractivity contribution is 5.67. The third kappa shape index (κ3) is 5.53. The molecule has 0 atom stereocenters. The topological polar surface area (TPSA) is 75.0 Å². The molecule has 1 N–H and O–H groups in total. The summed E-state index contributed by atoms with van der Waals surface area (Å²) in [6.07, 6.45) is 1.55. The number of benzene rings is 1. The normalized spacial score (nSPS) is 9.17. The highest BCUT2D eigenvalue weighted by atomic mass is 16.5. The molecular formula is C18H15N3O2. The second-order valence-electron chi connectivity index (χ2n) is 4.55. The van der Waals surface area contributed by atoms with Gasteiger partial charge < -0.3 is 10.1 Å². The van der Waals surface area contributed by atoms with E-state index in [1.165, 1.54) is 0 Å². The maximum absolute atomic E-state index is 11.5. The lowest BCUT2D eigenvalue weighted by molar-refractivity contribution is 0.140. The maximum atomic E-state index is 11.5. The van der Waals surface area contributed by atoms with E-state index in [2.05, 4.69) is 22.1 Å². The number of carbonyl (C=O) groups is 1. The van der Waals surface area contributed by atoms with Crippen molar-refractivity contribution >= 4 is 6.09 Å². The lowest BCUT2D eigenvalue weighted by Crippen LogP contribution is -2.24. The lowest BCUT2D eigenvalue weighted by atomic mass is 10.2. The fourth-order valence-electron chi connectivity index (χ4n) is 1.74. The minimum Gasteiger partial charge on any atom is -0.445 e. The number of hydrogen-bond acceptors (Lipinski definition) is 4. The number of rotatable bonds is 4. The SMILES string of the molecule is N#Cc1cccnc1C#CCCNC(=O)OCc1ccccc1. The first-order chi connectivity index (χ1) is 11.3. The molecule has 2 aromatic rings. The van der Waals surface area contributed by atoms with Gasteiger partial charge in [-0.25, -0.2) is 9.78 Å². The van der Waals surface area contributed by atoms with Crippen LogP contribution in [0.4, 0.5) is 4.79 Å². The van der Waals surface area contributed by atoms with Gasteiger partial charge in [0.1, 0.15) is 18.4 Å². The predicted molar refractivity (Wildman–Crippen MR) is 85.1 cm³/mol.